The maximum atomic E-state index is 4.27. The third-order valence-corrected chi connectivity index (χ3v) is 1.75. The molecule has 0 fully saturated rings. The zero-order valence-corrected chi connectivity index (χ0v) is 5.97. The van der Waals surface area contributed by atoms with Gasteiger partial charge in [-0.15, -0.1) is 0 Å². The lowest BCUT2D eigenvalue weighted by molar-refractivity contribution is 0.639. The van der Waals surface area contributed by atoms with Gasteiger partial charge in [-0.05, 0) is 25.5 Å². The van der Waals surface area contributed by atoms with Crippen molar-refractivity contribution in [2.75, 3.05) is 6.54 Å². The summed E-state index contributed by atoms with van der Waals surface area (Å²) in [5, 5.41) is 0. The van der Waals surface area contributed by atoms with Crippen LogP contribution in [0.3, 0.4) is 0 Å². The molecule has 52 valence electrons. The molecule has 0 N–H and O–H groups in total. The number of aliphatic imine (C=N–C) groups is 1. The van der Waals surface area contributed by atoms with E-state index in [0.717, 1.165) is 6.54 Å². The Hall–Kier alpha value is -0.330. The monoisotopic (exact) mass is 125 g/mol. The fraction of sp³-hybridized carbons (Fsp3) is 0.875. The van der Waals surface area contributed by atoms with E-state index < -0.39 is 0 Å². The second-order valence-corrected chi connectivity index (χ2v) is 2.65. The molecule has 1 heterocycles. The van der Waals surface area contributed by atoms with Crippen molar-refractivity contribution >= 4 is 6.21 Å². The van der Waals surface area contributed by atoms with E-state index in [4.69, 9.17) is 0 Å². The van der Waals surface area contributed by atoms with Crippen molar-refractivity contribution in [1.29, 1.82) is 0 Å². The highest BCUT2D eigenvalue weighted by Crippen LogP contribution is 2.06. The largest absolute Gasteiger partial charge is 0.298 e. The Morgan fingerprint density at radius 2 is 1.67 bits per heavy atom. The molecule has 0 aromatic heterocycles. The van der Waals surface area contributed by atoms with Gasteiger partial charge in [-0.3, -0.25) is 4.99 Å². The summed E-state index contributed by atoms with van der Waals surface area (Å²) in [5.41, 5.74) is 0. The fourth-order valence-corrected chi connectivity index (χ4v) is 1.15. The minimum Gasteiger partial charge on any atom is -0.298 e. The summed E-state index contributed by atoms with van der Waals surface area (Å²) in [4.78, 5) is 4.27. The molecule has 1 heteroatoms. The van der Waals surface area contributed by atoms with Crippen LogP contribution in [-0.4, -0.2) is 12.8 Å². The average Bonchev–Trinajstić information content (AvgIpc) is 2.00. The maximum absolute atomic E-state index is 4.27. The Balaban J connectivity index is 2.15. The molecule has 1 aliphatic heterocycles. The quantitative estimate of drug-likeness (QED) is 0.471. The second-order valence-electron chi connectivity index (χ2n) is 2.65. The SMILES string of the molecule is C1=NCCCCCCC1. The van der Waals surface area contributed by atoms with E-state index in [9.17, 15) is 0 Å². The van der Waals surface area contributed by atoms with E-state index in [1.165, 1.54) is 38.5 Å². The molecule has 0 amide bonds. The van der Waals surface area contributed by atoms with Gasteiger partial charge in [0, 0.05) is 6.54 Å². The number of nitrogens with zero attached hydrogens (tertiary/aromatic N) is 1. The van der Waals surface area contributed by atoms with Crippen molar-refractivity contribution in [3.05, 3.63) is 0 Å². The van der Waals surface area contributed by atoms with E-state index in [1.807, 2.05) is 0 Å². The number of rotatable bonds is 0. The van der Waals surface area contributed by atoms with Crippen LogP contribution in [0.1, 0.15) is 38.5 Å². The third kappa shape index (κ3) is 3.28. The molecule has 0 aromatic rings. The molecular formula is C8H15N. The van der Waals surface area contributed by atoms with E-state index in [2.05, 4.69) is 11.2 Å². The fourth-order valence-electron chi connectivity index (χ4n) is 1.15. The van der Waals surface area contributed by atoms with Gasteiger partial charge in [-0.2, -0.15) is 0 Å². The van der Waals surface area contributed by atoms with Gasteiger partial charge >= 0.3 is 0 Å². The Labute approximate surface area is 57.2 Å². The summed E-state index contributed by atoms with van der Waals surface area (Å²) in [5.74, 6) is 0. The minimum atomic E-state index is 1.07. The molecule has 0 spiro atoms. The first-order valence-corrected chi connectivity index (χ1v) is 3.98. The zero-order chi connectivity index (χ0) is 6.36. The van der Waals surface area contributed by atoms with Crippen molar-refractivity contribution in [2.24, 2.45) is 4.99 Å². The summed E-state index contributed by atoms with van der Waals surface area (Å²) in [7, 11) is 0. The van der Waals surface area contributed by atoms with E-state index in [-0.39, 0.29) is 0 Å². The molecule has 1 rings (SSSR count). The minimum absolute atomic E-state index is 1.07. The Kier molecular flexibility index (Phi) is 3.42. The topological polar surface area (TPSA) is 12.4 Å². The van der Waals surface area contributed by atoms with Crippen LogP contribution < -0.4 is 0 Å². The van der Waals surface area contributed by atoms with Crippen molar-refractivity contribution in [3.8, 4) is 0 Å². The number of hydrogen-bond donors (Lipinski definition) is 0. The molecule has 0 unspecified atom stereocenters. The Morgan fingerprint density at radius 3 is 2.67 bits per heavy atom. The van der Waals surface area contributed by atoms with Gasteiger partial charge in [0.25, 0.3) is 0 Å². The van der Waals surface area contributed by atoms with Crippen LogP contribution in [0.2, 0.25) is 0 Å². The predicted octanol–water partition coefficient (Wildman–Crippen LogP) is 2.41. The van der Waals surface area contributed by atoms with E-state index >= 15 is 0 Å². The smallest absolute Gasteiger partial charge is 0.0385 e. The molecule has 0 atom stereocenters. The van der Waals surface area contributed by atoms with Crippen molar-refractivity contribution in [3.63, 3.8) is 0 Å². The summed E-state index contributed by atoms with van der Waals surface area (Å²) in [6, 6.07) is 0. The lowest BCUT2D eigenvalue weighted by atomic mass is 10.1. The zero-order valence-electron chi connectivity index (χ0n) is 5.97. The molecule has 0 saturated carbocycles. The molecule has 1 nitrogen and oxygen atoms in total. The highest BCUT2D eigenvalue weighted by atomic mass is 14.7. The van der Waals surface area contributed by atoms with Crippen molar-refractivity contribution in [2.45, 2.75) is 38.5 Å². The molecule has 0 aromatic carbocycles. The average molecular weight is 125 g/mol. The lowest BCUT2D eigenvalue weighted by Crippen LogP contribution is -1.79. The van der Waals surface area contributed by atoms with Gasteiger partial charge in [-0.1, -0.05) is 19.3 Å². The highest BCUT2D eigenvalue weighted by molar-refractivity contribution is 5.56. The van der Waals surface area contributed by atoms with E-state index in [1.54, 1.807) is 0 Å². The lowest BCUT2D eigenvalue weighted by Gasteiger charge is -1.93. The van der Waals surface area contributed by atoms with Crippen LogP contribution in [0.25, 0.3) is 0 Å². The van der Waals surface area contributed by atoms with Gasteiger partial charge in [-0.25, -0.2) is 0 Å². The van der Waals surface area contributed by atoms with Crippen LogP contribution in [-0.2, 0) is 0 Å². The molecule has 1 aliphatic rings. The summed E-state index contributed by atoms with van der Waals surface area (Å²) < 4.78 is 0. The normalized spacial score (nSPS) is 22.2. The van der Waals surface area contributed by atoms with Gasteiger partial charge in [0.2, 0.25) is 0 Å². The molecule has 0 saturated heterocycles. The molecule has 0 radical (unpaired) electrons. The van der Waals surface area contributed by atoms with E-state index in [0.29, 0.717) is 0 Å². The summed E-state index contributed by atoms with van der Waals surface area (Å²) >= 11 is 0. The van der Waals surface area contributed by atoms with Crippen molar-refractivity contribution < 1.29 is 0 Å². The van der Waals surface area contributed by atoms with Crippen LogP contribution in [0.5, 0.6) is 0 Å². The van der Waals surface area contributed by atoms with Gasteiger partial charge < -0.3 is 0 Å². The predicted molar refractivity (Wildman–Crippen MR) is 41.1 cm³/mol. The van der Waals surface area contributed by atoms with Crippen LogP contribution in [0.4, 0.5) is 0 Å². The number of hydrogen-bond acceptors (Lipinski definition) is 1. The van der Waals surface area contributed by atoms with Gasteiger partial charge in [0.15, 0.2) is 0 Å². The van der Waals surface area contributed by atoms with Crippen LogP contribution in [0.15, 0.2) is 4.99 Å². The highest BCUT2D eigenvalue weighted by Gasteiger charge is 1.91. The molecule has 0 bridgehead atoms. The molecular weight excluding hydrogens is 110 g/mol. The van der Waals surface area contributed by atoms with Gasteiger partial charge in [0.05, 0.1) is 0 Å². The Bertz CT molecular complexity index is 76.6. The van der Waals surface area contributed by atoms with Crippen LogP contribution in [0, 0.1) is 0 Å². The summed E-state index contributed by atoms with van der Waals surface area (Å²) in [6.45, 7) is 1.07. The van der Waals surface area contributed by atoms with Crippen LogP contribution >= 0.6 is 0 Å². The standard InChI is InChI=1S/C8H15N/c1-2-4-6-8-9-7-5-3-1/h7H,1-6,8H2. The summed E-state index contributed by atoms with van der Waals surface area (Å²) in [6.07, 6.45) is 10.2. The maximum Gasteiger partial charge on any atom is 0.0385 e. The van der Waals surface area contributed by atoms with Crippen molar-refractivity contribution in [1.82, 2.24) is 0 Å². The first kappa shape index (κ1) is 6.79. The Morgan fingerprint density at radius 1 is 0.889 bits per heavy atom. The first-order chi connectivity index (χ1) is 4.50. The third-order valence-electron chi connectivity index (χ3n) is 1.75. The second kappa shape index (κ2) is 4.54. The first-order valence-electron chi connectivity index (χ1n) is 3.98. The van der Waals surface area contributed by atoms with Gasteiger partial charge in [0.1, 0.15) is 0 Å². The molecule has 0 aliphatic carbocycles. The molecule has 9 heavy (non-hydrogen) atoms.